The van der Waals surface area contributed by atoms with Gasteiger partial charge >= 0.3 is 207 Å². The molecule has 0 nitrogen and oxygen atoms in total. The van der Waals surface area contributed by atoms with Gasteiger partial charge in [0.05, 0.1) is 0 Å². The molecule has 0 fully saturated rings. The Morgan fingerprint density at radius 3 is 0.833 bits per heavy atom. The quantitative estimate of drug-likeness (QED) is 0.0632. The molecule has 0 aliphatic heterocycles. The Balaban J connectivity index is 4.76. The number of halogens is 1. The molecular formula is C28H60IP. The normalized spacial score (nSPS) is 13.4. The van der Waals surface area contributed by atoms with Crippen molar-refractivity contribution < 1.29 is 0 Å². The maximum atomic E-state index is 3.17. The van der Waals surface area contributed by atoms with Crippen LogP contribution in [0.2, 0.25) is 0 Å². The van der Waals surface area contributed by atoms with E-state index in [1.54, 1.807) is 24.6 Å². The second-order valence-electron chi connectivity index (χ2n) is 10.4. The van der Waals surface area contributed by atoms with E-state index < -0.39 is 4.25 Å². The van der Waals surface area contributed by atoms with Gasteiger partial charge in [-0.2, -0.15) is 0 Å². The Labute approximate surface area is 206 Å². The molecule has 0 bridgehead atoms. The molecule has 0 spiro atoms. The van der Waals surface area contributed by atoms with E-state index >= 15 is 0 Å². The molecule has 0 rings (SSSR count). The van der Waals surface area contributed by atoms with Crippen molar-refractivity contribution in [2.75, 3.05) is 24.6 Å². The molecule has 0 radical (unpaired) electrons. The van der Waals surface area contributed by atoms with E-state index in [-0.39, 0.29) is 0 Å². The van der Waals surface area contributed by atoms with Gasteiger partial charge < -0.3 is 0 Å². The van der Waals surface area contributed by atoms with Crippen LogP contribution < -0.4 is 0 Å². The van der Waals surface area contributed by atoms with Gasteiger partial charge in [-0.05, 0) is 0 Å². The first kappa shape index (κ1) is 31.2. The zero-order chi connectivity index (χ0) is 22.4. The average Bonchev–Trinajstić information content (AvgIpc) is 2.73. The summed E-state index contributed by atoms with van der Waals surface area (Å²) in [4.78, 5) is 0. The Hall–Kier alpha value is 1.16. The summed E-state index contributed by atoms with van der Waals surface area (Å²) >= 11 is 3.17. The van der Waals surface area contributed by atoms with Crippen LogP contribution in [0.4, 0.5) is 0 Å². The van der Waals surface area contributed by atoms with Crippen molar-refractivity contribution >= 4 is 26.3 Å². The Bertz CT molecular complexity index is 323. The van der Waals surface area contributed by atoms with Gasteiger partial charge in [-0.15, -0.1) is 0 Å². The molecule has 184 valence electrons. The Kier molecular flexibility index (Phi) is 21.5. The van der Waals surface area contributed by atoms with Crippen LogP contribution in [0.1, 0.15) is 156 Å². The summed E-state index contributed by atoms with van der Waals surface area (Å²) in [7, 11) is 0. The molecule has 0 saturated carbocycles. The fourth-order valence-electron chi connectivity index (χ4n) is 5.11. The molecule has 30 heavy (non-hydrogen) atoms. The van der Waals surface area contributed by atoms with Crippen LogP contribution in [0.5, 0.6) is 0 Å². The summed E-state index contributed by atoms with van der Waals surface area (Å²) in [5, 5.41) is 0. The van der Waals surface area contributed by atoms with Crippen LogP contribution in [-0.2, 0) is 0 Å². The van der Waals surface area contributed by atoms with Crippen molar-refractivity contribution in [1.82, 2.24) is 0 Å². The zero-order valence-electron chi connectivity index (χ0n) is 21.8. The predicted molar refractivity (Wildman–Crippen MR) is 155 cm³/mol. The van der Waals surface area contributed by atoms with Gasteiger partial charge in [0.25, 0.3) is 0 Å². The van der Waals surface area contributed by atoms with Gasteiger partial charge in [0.1, 0.15) is 0 Å². The standard InChI is InChI=1S/C28H60IP/c1-5-9-13-15-17-19-23-27-30(29,25-21-11-7-3,26-22-12-8-4)28-24-20-18-16-14-10-6-2/h5-28H2,1-4H3. The molecule has 0 unspecified atom stereocenters. The van der Waals surface area contributed by atoms with Crippen molar-refractivity contribution in [3.63, 3.8) is 0 Å². The Morgan fingerprint density at radius 1 is 0.333 bits per heavy atom. The molecule has 0 amide bonds. The molecule has 0 aromatic carbocycles. The Morgan fingerprint density at radius 2 is 0.533 bits per heavy atom. The van der Waals surface area contributed by atoms with Gasteiger partial charge in [0.2, 0.25) is 0 Å². The topological polar surface area (TPSA) is 0 Å². The van der Waals surface area contributed by atoms with Crippen LogP contribution in [0, 0.1) is 0 Å². The number of rotatable bonds is 24. The fourth-order valence-corrected chi connectivity index (χ4v) is 14.6. The first-order valence-corrected chi connectivity index (χ1v) is 20.0. The van der Waals surface area contributed by atoms with Crippen molar-refractivity contribution in [1.29, 1.82) is 0 Å². The third-order valence-corrected chi connectivity index (χ3v) is 18.8. The molecule has 0 aromatic rings. The van der Waals surface area contributed by atoms with Crippen LogP contribution in [-0.4, -0.2) is 24.6 Å². The SMILES string of the molecule is CCCCCCCCCP(I)(CCCCC)(CCCCC)CCCCCCCCC. The first-order valence-electron chi connectivity index (χ1n) is 14.3. The van der Waals surface area contributed by atoms with Crippen molar-refractivity contribution in [3.05, 3.63) is 0 Å². The van der Waals surface area contributed by atoms with E-state index in [0.29, 0.717) is 0 Å². The van der Waals surface area contributed by atoms with Crippen molar-refractivity contribution in [2.24, 2.45) is 0 Å². The first-order chi connectivity index (χ1) is 14.5. The summed E-state index contributed by atoms with van der Waals surface area (Å²) in [6, 6.07) is 0. The summed E-state index contributed by atoms with van der Waals surface area (Å²) < 4.78 is -1.54. The summed E-state index contributed by atoms with van der Waals surface area (Å²) in [6.45, 7) is 9.42. The second-order valence-corrected chi connectivity index (χ2v) is 24.0. The van der Waals surface area contributed by atoms with E-state index in [0.717, 1.165) is 0 Å². The van der Waals surface area contributed by atoms with Crippen LogP contribution in [0.15, 0.2) is 0 Å². The maximum absolute atomic E-state index is 3.17. The van der Waals surface area contributed by atoms with E-state index in [4.69, 9.17) is 0 Å². The van der Waals surface area contributed by atoms with E-state index in [1.807, 2.05) is 0 Å². The van der Waals surface area contributed by atoms with Crippen LogP contribution in [0.25, 0.3) is 0 Å². The molecular weight excluding hydrogens is 494 g/mol. The van der Waals surface area contributed by atoms with Gasteiger partial charge in [-0.3, -0.25) is 0 Å². The summed E-state index contributed by atoms with van der Waals surface area (Å²) in [5.41, 5.74) is 0. The molecule has 0 aliphatic rings. The number of unbranched alkanes of at least 4 members (excludes halogenated alkanes) is 16. The molecule has 0 aromatic heterocycles. The van der Waals surface area contributed by atoms with Gasteiger partial charge in [-0.25, -0.2) is 0 Å². The monoisotopic (exact) mass is 554 g/mol. The molecule has 0 N–H and O–H groups in total. The van der Waals surface area contributed by atoms with E-state index in [9.17, 15) is 0 Å². The molecule has 0 aliphatic carbocycles. The van der Waals surface area contributed by atoms with Gasteiger partial charge in [0.15, 0.2) is 0 Å². The molecule has 2 heteroatoms. The fraction of sp³-hybridized carbons (Fsp3) is 1.00. The third-order valence-electron chi connectivity index (χ3n) is 7.28. The zero-order valence-corrected chi connectivity index (χ0v) is 24.8. The summed E-state index contributed by atoms with van der Waals surface area (Å²) in [5.74, 6) is 0. The van der Waals surface area contributed by atoms with Gasteiger partial charge in [0, 0.05) is 0 Å². The predicted octanol–water partition coefficient (Wildman–Crippen LogP) is 11.8. The minimum atomic E-state index is -1.54. The third kappa shape index (κ3) is 16.7. The second kappa shape index (κ2) is 20.7. The molecule has 0 atom stereocenters. The van der Waals surface area contributed by atoms with E-state index in [1.165, 1.54) is 128 Å². The number of hydrogen-bond donors (Lipinski definition) is 0. The van der Waals surface area contributed by atoms with Gasteiger partial charge in [-0.1, -0.05) is 0 Å². The van der Waals surface area contributed by atoms with Crippen molar-refractivity contribution in [3.8, 4) is 0 Å². The molecule has 0 saturated heterocycles. The molecule has 0 heterocycles. The van der Waals surface area contributed by atoms with Crippen LogP contribution in [0.3, 0.4) is 0 Å². The van der Waals surface area contributed by atoms with Crippen LogP contribution >= 0.6 is 26.3 Å². The summed E-state index contributed by atoms with van der Waals surface area (Å²) in [6.07, 6.45) is 35.7. The van der Waals surface area contributed by atoms with Crippen molar-refractivity contribution in [2.45, 2.75) is 156 Å². The van der Waals surface area contributed by atoms with E-state index in [2.05, 4.69) is 49.7 Å². The number of hydrogen-bond acceptors (Lipinski definition) is 0. The minimum absolute atomic E-state index is 1.37. The average molecular weight is 555 g/mol.